The van der Waals surface area contributed by atoms with Gasteiger partial charge < -0.3 is 11.1 Å². The lowest BCUT2D eigenvalue weighted by Gasteiger charge is -2.30. The van der Waals surface area contributed by atoms with Crippen molar-refractivity contribution < 1.29 is 0 Å². The molecule has 1 fully saturated rings. The zero-order chi connectivity index (χ0) is 16.4. The molecule has 1 aromatic heterocycles. The van der Waals surface area contributed by atoms with Gasteiger partial charge >= 0.3 is 0 Å². The lowest BCUT2D eigenvalue weighted by atomic mass is 9.91. The Bertz CT molecular complexity index is 754. The minimum Gasteiger partial charge on any atom is -0.397 e. The van der Waals surface area contributed by atoms with Gasteiger partial charge in [0.05, 0.1) is 28.6 Å². The highest BCUT2D eigenvalue weighted by Gasteiger charge is 2.25. The van der Waals surface area contributed by atoms with Gasteiger partial charge in [-0.3, -0.25) is 4.79 Å². The standard InChI is InChI=1S/C16H18Cl2N4O/c17-12-9-20-22(16(23)15(12)18)11-7-5-10(6-8-11)21-14-4-2-1-3-13(14)19/h1-4,9-11,21H,5-8,19H2/t10-,11-. The molecule has 1 saturated carbocycles. The summed E-state index contributed by atoms with van der Waals surface area (Å²) in [7, 11) is 0. The molecule has 3 rings (SSSR count). The van der Waals surface area contributed by atoms with Crippen molar-refractivity contribution in [2.75, 3.05) is 11.1 Å². The molecule has 23 heavy (non-hydrogen) atoms. The maximum atomic E-state index is 12.2. The second kappa shape index (κ2) is 6.81. The fourth-order valence-corrected chi connectivity index (χ4v) is 3.26. The number of nitrogens with zero attached hydrogens (tertiary/aromatic N) is 2. The molecular formula is C16H18Cl2N4O. The number of aromatic nitrogens is 2. The molecule has 0 spiro atoms. The third-order valence-electron chi connectivity index (χ3n) is 4.26. The summed E-state index contributed by atoms with van der Waals surface area (Å²) in [6.45, 7) is 0. The second-order valence-electron chi connectivity index (χ2n) is 5.79. The zero-order valence-electron chi connectivity index (χ0n) is 12.5. The van der Waals surface area contributed by atoms with E-state index in [1.807, 2.05) is 24.3 Å². The molecule has 0 saturated heterocycles. The van der Waals surface area contributed by atoms with Crippen LogP contribution in [0.15, 0.2) is 35.3 Å². The number of rotatable bonds is 3. The number of hydrogen-bond acceptors (Lipinski definition) is 4. The SMILES string of the molecule is Nc1ccccc1N[C@H]1CC[C@H](n2ncc(Cl)c(Cl)c2=O)CC1. The summed E-state index contributed by atoms with van der Waals surface area (Å²) in [6, 6.07) is 8.14. The number of para-hydroxylation sites is 2. The van der Waals surface area contributed by atoms with Crippen molar-refractivity contribution in [1.82, 2.24) is 9.78 Å². The van der Waals surface area contributed by atoms with Crippen LogP contribution in [0.1, 0.15) is 31.7 Å². The fraction of sp³-hybridized carbons (Fsp3) is 0.375. The van der Waals surface area contributed by atoms with E-state index in [1.54, 1.807) is 0 Å². The minimum absolute atomic E-state index is 0.0407. The van der Waals surface area contributed by atoms with Crippen LogP contribution in [0.25, 0.3) is 0 Å². The predicted molar refractivity (Wildman–Crippen MR) is 94.3 cm³/mol. The Hall–Kier alpha value is -1.72. The Morgan fingerprint density at radius 3 is 2.57 bits per heavy atom. The van der Waals surface area contributed by atoms with E-state index in [0.717, 1.165) is 37.1 Å². The number of halogens is 2. The monoisotopic (exact) mass is 352 g/mol. The van der Waals surface area contributed by atoms with Crippen LogP contribution in [-0.2, 0) is 0 Å². The van der Waals surface area contributed by atoms with E-state index >= 15 is 0 Å². The van der Waals surface area contributed by atoms with E-state index < -0.39 is 0 Å². The molecule has 1 aliphatic rings. The number of benzene rings is 1. The van der Waals surface area contributed by atoms with Crippen LogP contribution in [0.2, 0.25) is 10.0 Å². The van der Waals surface area contributed by atoms with Gasteiger partial charge in [0.1, 0.15) is 5.02 Å². The zero-order valence-corrected chi connectivity index (χ0v) is 14.0. The molecule has 1 aromatic carbocycles. The molecule has 0 atom stereocenters. The maximum absolute atomic E-state index is 12.2. The highest BCUT2D eigenvalue weighted by atomic mass is 35.5. The Labute approximate surface area is 144 Å². The van der Waals surface area contributed by atoms with Crippen LogP contribution in [-0.4, -0.2) is 15.8 Å². The van der Waals surface area contributed by atoms with Gasteiger partial charge in [0.25, 0.3) is 5.56 Å². The Kier molecular flexibility index (Phi) is 4.78. The van der Waals surface area contributed by atoms with Crippen molar-refractivity contribution in [3.05, 3.63) is 50.9 Å². The molecule has 122 valence electrons. The lowest BCUT2D eigenvalue weighted by Crippen LogP contribution is -2.33. The quantitative estimate of drug-likeness (QED) is 0.825. The van der Waals surface area contributed by atoms with Gasteiger partial charge in [-0.25, -0.2) is 4.68 Å². The summed E-state index contributed by atoms with van der Waals surface area (Å²) >= 11 is 11.7. The van der Waals surface area contributed by atoms with Gasteiger partial charge in [-0.2, -0.15) is 5.10 Å². The first-order valence-corrected chi connectivity index (χ1v) is 8.35. The van der Waals surface area contributed by atoms with Crippen LogP contribution >= 0.6 is 23.2 Å². The molecule has 0 unspecified atom stereocenters. The van der Waals surface area contributed by atoms with Crippen LogP contribution in [0.3, 0.4) is 0 Å². The third-order valence-corrected chi connectivity index (χ3v) is 5.01. The average molecular weight is 353 g/mol. The Morgan fingerprint density at radius 1 is 1.17 bits per heavy atom. The largest absolute Gasteiger partial charge is 0.397 e. The third kappa shape index (κ3) is 3.46. The molecule has 0 amide bonds. The number of hydrogen-bond donors (Lipinski definition) is 2. The summed E-state index contributed by atoms with van der Waals surface area (Å²) < 4.78 is 1.46. The van der Waals surface area contributed by atoms with Gasteiger partial charge in [0.2, 0.25) is 0 Å². The average Bonchev–Trinajstić information content (AvgIpc) is 2.56. The number of nitrogen functional groups attached to an aromatic ring is 1. The highest BCUT2D eigenvalue weighted by molar-refractivity contribution is 6.41. The van der Waals surface area contributed by atoms with Crippen molar-refractivity contribution in [3.63, 3.8) is 0 Å². The summed E-state index contributed by atoms with van der Waals surface area (Å²) in [6.07, 6.45) is 5.02. The highest BCUT2D eigenvalue weighted by Crippen LogP contribution is 2.30. The topological polar surface area (TPSA) is 72.9 Å². The Balaban J connectivity index is 1.66. The molecule has 0 aliphatic heterocycles. The normalized spacial score (nSPS) is 21.1. The number of nitrogens with two attached hydrogens (primary N) is 1. The first kappa shape index (κ1) is 16.1. The molecule has 3 N–H and O–H groups in total. The summed E-state index contributed by atoms with van der Waals surface area (Å²) in [5.41, 5.74) is 7.35. The minimum atomic E-state index is -0.317. The van der Waals surface area contributed by atoms with E-state index in [9.17, 15) is 4.79 Å². The molecular weight excluding hydrogens is 335 g/mol. The molecule has 0 bridgehead atoms. The van der Waals surface area contributed by atoms with Gasteiger partial charge in [0.15, 0.2) is 0 Å². The van der Waals surface area contributed by atoms with E-state index in [-0.39, 0.29) is 21.6 Å². The smallest absolute Gasteiger partial charge is 0.287 e. The molecule has 5 nitrogen and oxygen atoms in total. The Morgan fingerprint density at radius 2 is 1.87 bits per heavy atom. The van der Waals surface area contributed by atoms with Crippen molar-refractivity contribution >= 4 is 34.6 Å². The van der Waals surface area contributed by atoms with Crippen LogP contribution in [0, 0.1) is 0 Å². The molecule has 1 heterocycles. The van der Waals surface area contributed by atoms with E-state index in [1.165, 1.54) is 10.9 Å². The lowest BCUT2D eigenvalue weighted by molar-refractivity contribution is 0.304. The maximum Gasteiger partial charge on any atom is 0.287 e. The number of nitrogens with one attached hydrogen (secondary N) is 1. The molecule has 7 heteroatoms. The predicted octanol–water partition coefficient (Wildman–Crippen LogP) is 3.73. The summed E-state index contributed by atoms with van der Waals surface area (Å²) in [5, 5.41) is 7.85. The van der Waals surface area contributed by atoms with Gasteiger partial charge in [-0.15, -0.1) is 0 Å². The van der Waals surface area contributed by atoms with E-state index in [4.69, 9.17) is 28.9 Å². The summed E-state index contributed by atoms with van der Waals surface area (Å²) in [5.74, 6) is 0. The van der Waals surface area contributed by atoms with Crippen molar-refractivity contribution in [1.29, 1.82) is 0 Å². The van der Waals surface area contributed by atoms with Crippen LogP contribution in [0.4, 0.5) is 11.4 Å². The van der Waals surface area contributed by atoms with E-state index in [0.29, 0.717) is 6.04 Å². The molecule has 2 aromatic rings. The second-order valence-corrected chi connectivity index (χ2v) is 6.58. The van der Waals surface area contributed by atoms with Crippen molar-refractivity contribution in [2.24, 2.45) is 0 Å². The fourth-order valence-electron chi connectivity index (χ4n) is 3.00. The first-order chi connectivity index (χ1) is 11.1. The molecule has 0 radical (unpaired) electrons. The summed E-state index contributed by atoms with van der Waals surface area (Å²) in [4.78, 5) is 12.2. The van der Waals surface area contributed by atoms with Gasteiger partial charge in [-0.05, 0) is 37.8 Å². The molecule has 1 aliphatic carbocycles. The number of anilines is 2. The van der Waals surface area contributed by atoms with Gasteiger partial charge in [0, 0.05) is 6.04 Å². The first-order valence-electron chi connectivity index (χ1n) is 7.60. The van der Waals surface area contributed by atoms with E-state index in [2.05, 4.69) is 10.4 Å². The van der Waals surface area contributed by atoms with Crippen molar-refractivity contribution in [3.8, 4) is 0 Å². The van der Waals surface area contributed by atoms with Crippen LogP contribution < -0.4 is 16.6 Å². The van der Waals surface area contributed by atoms with Crippen molar-refractivity contribution in [2.45, 2.75) is 37.8 Å². The van der Waals surface area contributed by atoms with Gasteiger partial charge in [-0.1, -0.05) is 35.3 Å². The van der Waals surface area contributed by atoms with Crippen LogP contribution in [0.5, 0.6) is 0 Å².